The first-order valence-electron chi connectivity index (χ1n) is 13.1. The van der Waals surface area contributed by atoms with Gasteiger partial charge in [-0.1, -0.05) is 21.1 Å². The highest BCUT2D eigenvalue weighted by Gasteiger charge is 2.52. The van der Waals surface area contributed by atoms with Crippen molar-refractivity contribution >= 4 is 27.5 Å². The first-order chi connectivity index (χ1) is 20.2. The summed E-state index contributed by atoms with van der Waals surface area (Å²) in [6.45, 7) is -0.625. The molecule has 3 N–H and O–H groups in total. The van der Waals surface area contributed by atoms with Crippen molar-refractivity contribution in [1.82, 2.24) is 15.0 Å². The molecule has 0 radical (unpaired) electrons. The summed E-state index contributed by atoms with van der Waals surface area (Å²) >= 11 is 3.26. The van der Waals surface area contributed by atoms with E-state index in [4.69, 9.17) is 14.2 Å². The number of anilines is 1. The number of aliphatic hydroxyl groups excluding tert-OH is 3. The number of nitrogens with zero attached hydrogens (tertiary/aromatic N) is 5. The topological polar surface area (TPSA) is 163 Å². The van der Waals surface area contributed by atoms with Crippen molar-refractivity contribution in [2.45, 2.75) is 55.4 Å². The fourth-order valence-corrected chi connectivity index (χ4v) is 5.87. The molecule has 14 heteroatoms. The van der Waals surface area contributed by atoms with E-state index in [1.165, 1.54) is 54.3 Å². The maximum absolute atomic E-state index is 14.3. The Morgan fingerprint density at radius 3 is 2.62 bits per heavy atom. The molecule has 1 saturated heterocycles. The molecule has 0 unspecified atom stereocenters. The summed E-state index contributed by atoms with van der Waals surface area (Å²) < 4.78 is 32.9. The second-order valence-corrected chi connectivity index (χ2v) is 11.1. The third-order valence-electron chi connectivity index (χ3n) is 7.66. The molecule has 42 heavy (non-hydrogen) atoms. The first-order valence-corrected chi connectivity index (χ1v) is 13.9. The molecule has 5 rings (SSSR count). The molecule has 2 aliphatic rings. The molecule has 7 atom stereocenters. The number of carbonyl (C=O) groups is 1. The smallest absolute Gasteiger partial charge is 0.259 e. The van der Waals surface area contributed by atoms with E-state index in [0.29, 0.717) is 40.0 Å². The van der Waals surface area contributed by atoms with Gasteiger partial charge < -0.3 is 34.4 Å². The lowest BCUT2D eigenvalue weighted by molar-refractivity contribution is -0.211. The van der Waals surface area contributed by atoms with Gasteiger partial charge in [-0.25, -0.2) is 9.07 Å². The molecule has 0 bridgehead atoms. The molecule has 1 saturated carbocycles. The molecule has 3 aromatic rings. The Labute approximate surface area is 249 Å². The highest BCUT2D eigenvalue weighted by molar-refractivity contribution is 9.10. The van der Waals surface area contributed by atoms with Gasteiger partial charge in [0.15, 0.2) is 6.10 Å². The van der Waals surface area contributed by atoms with E-state index in [2.05, 4.69) is 26.2 Å². The van der Waals surface area contributed by atoms with Crippen molar-refractivity contribution in [2.24, 2.45) is 0 Å². The van der Waals surface area contributed by atoms with E-state index < -0.39 is 60.9 Å². The van der Waals surface area contributed by atoms with Gasteiger partial charge >= 0.3 is 0 Å². The molecule has 2 heterocycles. The lowest BCUT2D eigenvalue weighted by Gasteiger charge is -2.47. The second kappa shape index (κ2) is 12.4. The second-order valence-electron chi connectivity index (χ2n) is 10.2. The quantitative estimate of drug-likeness (QED) is 0.330. The molecule has 1 aromatic heterocycles. The number of benzene rings is 2. The number of carbonyl (C=O) groups excluding carboxylic acids is 1. The first kappa shape index (κ1) is 30.0. The van der Waals surface area contributed by atoms with Gasteiger partial charge in [0.25, 0.3) is 5.91 Å². The van der Waals surface area contributed by atoms with Crippen molar-refractivity contribution in [3.63, 3.8) is 0 Å². The minimum absolute atomic E-state index is 0.240. The highest BCUT2D eigenvalue weighted by atomic mass is 79.9. The Morgan fingerprint density at radius 2 is 2.02 bits per heavy atom. The number of aliphatic hydroxyl groups is 3. The van der Waals surface area contributed by atoms with Crippen LogP contribution in [0, 0.1) is 17.1 Å². The van der Waals surface area contributed by atoms with Crippen LogP contribution < -0.4 is 9.64 Å². The van der Waals surface area contributed by atoms with E-state index in [9.17, 15) is 29.8 Å². The van der Waals surface area contributed by atoms with Gasteiger partial charge in [0.05, 0.1) is 43.7 Å². The van der Waals surface area contributed by atoms with Gasteiger partial charge in [-0.3, -0.25) is 4.79 Å². The molecule has 2 fully saturated rings. The van der Waals surface area contributed by atoms with E-state index >= 15 is 0 Å². The number of amides is 1. The van der Waals surface area contributed by atoms with Crippen LogP contribution in [0.2, 0.25) is 0 Å². The fourth-order valence-electron chi connectivity index (χ4n) is 5.41. The van der Waals surface area contributed by atoms with Crippen LogP contribution >= 0.6 is 15.9 Å². The minimum Gasteiger partial charge on any atom is -0.497 e. The molecule has 0 spiro atoms. The molecular formula is C28H29BrFN5O7. The third-order valence-corrected chi connectivity index (χ3v) is 8.12. The van der Waals surface area contributed by atoms with Crippen LogP contribution in [0.4, 0.5) is 10.1 Å². The summed E-state index contributed by atoms with van der Waals surface area (Å²) in [5.74, 6) is -0.771. The van der Waals surface area contributed by atoms with E-state index in [-0.39, 0.29) is 5.56 Å². The zero-order valence-electron chi connectivity index (χ0n) is 22.7. The summed E-state index contributed by atoms with van der Waals surface area (Å²) in [6, 6.07) is 9.20. The average Bonchev–Trinajstić information content (AvgIpc) is 3.47. The molecule has 1 amide bonds. The minimum atomic E-state index is -1.37. The highest BCUT2D eigenvalue weighted by Crippen LogP contribution is 2.38. The Balaban J connectivity index is 1.54. The monoisotopic (exact) mass is 645 g/mol. The molecular weight excluding hydrogens is 617 g/mol. The lowest BCUT2D eigenvalue weighted by atomic mass is 9.85. The molecule has 1 aliphatic carbocycles. The van der Waals surface area contributed by atoms with Crippen molar-refractivity contribution in [3.05, 3.63) is 58.4 Å². The SMILES string of the molecule is COc1cc(C#N)cc(N(C(=O)[C@@H]2O[C@H](CO)[C@H](O)[C@H](n3cc(-c4cc(F)cc(Br)c4)nn3)[C@H]2OC)[C@H]2CC[C@@H]2O)c1. The van der Waals surface area contributed by atoms with Crippen molar-refractivity contribution in [3.8, 4) is 23.1 Å². The summed E-state index contributed by atoms with van der Waals surface area (Å²) in [7, 11) is 2.78. The summed E-state index contributed by atoms with van der Waals surface area (Å²) in [5, 5.41) is 49.7. The van der Waals surface area contributed by atoms with Crippen LogP contribution in [0.15, 0.2) is 47.1 Å². The molecule has 222 valence electrons. The predicted octanol–water partition coefficient (Wildman–Crippen LogP) is 1.96. The number of methoxy groups -OCH3 is 2. The van der Waals surface area contributed by atoms with Crippen LogP contribution in [-0.4, -0.2) is 93.6 Å². The maximum atomic E-state index is 14.3. The predicted molar refractivity (Wildman–Crippen MR) is 149 cm³/mol. The normalized spacial score (nSPS) is 27.1. The van der Waals surface area contributed by atoms with Gasteiger partial charge in [0.1, 0.15) is 41.6 Å². The number of nitriles is 1. The zero-order valence-corrected chi connectivity index (χ0v) is 24.3. The number of halogens is 2. The van der Waals surface area contributed by atoms with Crippen LogP contribution in [0.5, 0.6) is 5.75 Å². The molecule has 2 aromatic carbocycles. The van der Waals surface area contributed by atoms with Crippen molar-refractivity contribution in [2.75, 3.05) is 25.7 Å². The van der Waals surface area contributed by atoms with Crippen molar-refractivity contribution < 1.29 is 38.7 Å². The average molecular weight is 646 g/mol. The van der Waals surface area contributed by atoms with Crippen LogP contribution in [0.25, 0.3) is 11.3 Å². The number of hydrogen-bond donors (Lipinski definition) is 3. The summed E-state index contributed by atoms with van der Waals surface area (Å²) in [5.41, 5.74) is 1.27. The van der Waals surface area contributed by atoms with E-state index in [0.717, 1.165) is 0 Å². The Hall–Kier alpha value is -3.45. The molecule has 12 nitrogen and oxygen atoms in total. The lowest BCUT2D eigenvalue weighted by Crippen LogP contribution is -2.64. The van der Waals surface area contributed by atoms with Gasteiger partial charge in [-0.05, 0) is 43.2 Å². The van der Waals surface area contributed by atoms with Crippen LogP contribution in [0.3, 0.4) is 0 Å². The zero-order chi connectivity index (χ0) is 30.1. The van der Waals surface area contributed by atoms with E-state index in [1.807, 2.05) is 6.07 Å². The largest absolute Gasteiger partial charge is 0.497 e. The van der Waals surface area contributed by atoms with Crippen molar-refractivity contribution in [1.29, 1.82) is 5.26 Å². The fraction of sp³-hybridized carbons (Fsp3) is 0.429. The Morgan fingerprint density at radius 1 is 1.24 bits per heavy atom. The number of aromatic nitrogens is 3. The third kappa shape index (κ3) is 5.63. The van der Waals surface area contributed by atoms with Crippen LogP contribution in [-0.2, 0) is 14.3 Å². The van der Waals surface area contributed by atoms with Gasteiger partial charge in [-0.2, -0.15) is 5.26 Å². The number of rotatable bonds is 8. The summed E-state index contributed by atoms with van der Waals surface area (Å²) in [4.78, 5) is 15.7. The van der Waals surface area contributed by atoms with Gasteiger partial charge in [-0.15, -0.1) is 5.10 Å². The maximum Gasteiger partial charge on any atom is 0.259 e. The van der Waals surface area contributed by atoms with Crippen LogP contribution in [0.1, 0.15) is 24.4 Å². The van der Waals surface area contributed by atoms with E-state index in [1.54, 1.807) is 12.1 Å². The van der Waals surface area contributed by atoms with Gasteiger partial charge in [0.2, 0.25) is 0 Å². The number of hydrogen-bond acceptors (Lipinski definition) is 10. The van der Waals surface area contributed by atoms with Gasteiger partial charge in [0, 0.05) is 28.9 Å². The Bertz CT molecular complexity index is 1480. The summed E-state index contributed by atoms with van der Waals surface area (Å²) in [6.07, 6.45) is -3.47. The Kier molecular flexibility index (Phi) is 8.88. The standard InChI is InChI=1S/C28H29BrFN5O7/c1-40-19-6-14(11-31)5-18(10-19)35(21-3-4-22(21)37)28(39)27-26(41-2)24(25(38)23(13-36)42-27)34-12-20(32-33-34)15-7-16(29)9-17(30)8-15/h5-10,12,21-27,36-38H,3-4,13H2,1-2H3/t21-,22-,23+,24-,25-,26+,27+/m0/s1. The number of ether oxygens (including phenoxy) is 3. The molecule has 1 aliphatic heterocycles.